The van der Waals surface area contributed by atoms with Crippen molar-refractivity contribution >= 4 is 29.9 Å². The molecule has 3 rings (SSSR count). The van der Waals surface area contributed by atoms with E-state index in [2.05, 4.69) is 10.3 Å². The molecule has 0 aromatic rings. The van der Waals surface area contributed by atoms with Gasteiger partial charge in [-0.2, -0.15) is 0 Å². The van der Waals surface area contributed by atoms with Crippen molar-refractivity contribution in [1.29, 1.82) is 0 Å². The lowest BCUT2D eigenvalue weighted by atomic mass is 10.1. The molecule has 0 bridgehead atoms. The van der Waals surface area contributed by atoms with Crippen molar-refractivity contribution in [2.75, 3.05) is 13.1 Å². The van der Waals surface area contributed by atoms with Crippen molar-refractivity contribution in [3.63, 3.8) is 0 Å². The van der Waals surface area contributed by atoms with Crippen LogP contribution in [0.5, 0.6) is 0 Å². The Hall–Kier alpha value is -0.140. The summed E-state index contributed by atoms with van der Waals surface area (Å²) in [4.78, 5) is 6.07. The fourth-order valence-electron chi connectivity index (χ4n) is 2.46. The van der Waals surface area contributed by atoms with E-state index < -0.39 is 5.92 Å². The first kappa shape index (κ1) is 11.3. The molecule has 2 heterocycles. The second-order valence-corrected chi connectivity index (χ2v) is 4.41. The van der Waals surface area contributed by atoms with Crippen LogP contribution in [-0.2, 0) is 0 Å². The molecule has 1 saturated carbocycles. The summed E-state index contributed by atoms with van der Waals surface area (Å²) in [6, 6.07) is 0.762. The number of hydrogen-bond donors (Lipinski definition) is 1. The third-order valence-corrected chi connectivity index (χ3v) is 3.23. The molecule has 1 aliphatic carbocycles. The van der Waals surface area contributed by atoms with Crippen molar-refractivity contribution in [1.82, 2.24) is 10.2 Å². The van der Waals surface area contributed by atoms with E-state index in [1.807, 2.05) is 0 Å². The number of halogens is 3. The molecule has 0 spiro atoms. The maximum Gasteiger partial charge on any atom is 0.282 e. The molecule has 1 N–H and O–H groups in total. The van der Waals surface area contributed by atoms with E-state index >= 15 is 0 Å². The Labute approximate surface area is 104 Å². The second kappa shape index (κ2) is 3.71. The number of alkyl halides is 2. The lowest BCUT2D eigenvalue weighted by Crippen LogP contribution is -2.61. The van der Waals surface area contributed by atoms with E-state index in [0.717, 1.165) is 12.8 Å². The van der Waals surface area contributed by atoms with Crippen LogP contribution in [0.2, 0.25) is 0 Å². The van der Waals surface area contributed by atoms with E-state index in [1.54, 1.807) is 4.90 Å². The average Bonchev–Trinajstić information content (AvgIpc) is 2.56. The monoisotopic (exact) mass is 329 g/mol. The third kappa shape index (κ3) is 1.92. The summed E-state index contributed by atoms with van der Waals surface area (Å²) in [6.07, 6.45) is 3.43. The summed E-state index contributed by atoms with van der Waals surface area (Å²) in [6.45, 7) is -0.337. The topological polar surface area (TPSA) is 27.6 Å². The Balaban J connectivity index is 0.000000853. The molecular weight excluding hydrogens is 315 g/mol. The van der Waals surface area contributed by atoms with Gasteiger partial charge in [-0.3, -0.25) is 0 Å². The first-order valence-electron chi connectivity index (χ1n) is 5.11. The Kier molecular flexibility index (Phi) is 2.81. The van der Waals surface area contributed by atoms with Crippen LogP contribution in [-0.4, -0.2) is 42.0 Å². The van der Waals surface area contributed by atoms with Gasteiger partial charge in [0.15, 0.2) is 5.96 Å². The summed E-state index contributed by atoms with van der Waals surface area (Å²) < 4.78 is 25.2. The standard InChI is InChI=1S/C9H13F2N3.HI/c10-9(11)4-14(5-9)8-12-6-2-1-3-7(6)13-8;/h6-7H,1-5H2,(H,12,13);1H. The predicted molar refractivity (Wildman–Crippen MR) is 63.9 cm³/mol. The molecule has 86 valence electrons. The highest BCUT2D eigenvalue weighted by molar-refractivity contribution is 14.0. The Bertz CT molecular complexity index is 287. The van der Waals surface area contributed by atoms with Gasteiger partial charge in [-0.05, 0) is 19.3 Å². The van der Waals surface area contributed by atoms with Gasteiger partial charge < -0.3 is 10.2 Å². The lowest BCUT2D eigenvalue weighted by Gasteiger charge is -2.40. The van der Waals surface area contributed by atoms with Crippen LogP contribution in [0, 0.1) is 0 Å². The molecule has 2 unspecified atom stereocenters. The SMILES string of the molecule is FC1(F)CN(C2=NC3CCCC3N2)C1.I. The van der Waals surface area contributed by atoms with E-state index in [0.29, 0.717) is 18.0 Å². The first-order valence-corrected chi connectivity index (χ1v) is 5.11. The summed E-state index contributed by atoms with van der Waals surface area (Å²) in [5.41, 5.74) is 0. The largest absolute Gasteiger partial charge is 0.351 e. The summed E-state index contributed by atoms with van der Waals surface area (Å²) in [5, 5.41) is 3.24. The molecule has 2 fully saturated rings. The maximum absolute atomic E-state index is 12.6. The minimum atomic E-state index is -2.50. The summed E-state index contributed by atoms with van der Waals surface area (Å²) >= 11 is 0. The number of nitrogens with zero attached hydrogens (tertiary/aromatic N) is 2. The minimum Gasteiger partial charge on any atom is -0.351 e. The van der Waals surface area contributed by atoms with Crippen molar-refractivity contribution < 1.29 is 8.78 Å². The van der Waals surface area contributed by atoms with Crippen LogP contribution >= 0.6 is 24.0 Å². The van der Waals surface area contributed by atoms with Gasteiger partial charge in [0.25, 0.3) is 5.92 Å². The van der Waals surface area contributed by atoms with Crippen molar-refractivity contribution in [3.05, 3.63) is 0 Å². The fourth-order valence-corrected chi connectivity index (χ4v) is 2.46. The molecule has 0 aromatic heterocycles. The molecule has 1 saturated heterocycles. The number of likely N-dealkylation sites (tertiary alicyclic amines) is 1. The van der Waals surface area contributed by atoms with Gasteiger partial charge in [0.1, 0.15) is 0 Å². The predicted octanol–water partition coefficient (Wildman–Crippen LogP) is 1.44. The van der Waals surface area contributed by atoms with Crippen molar-refractivity contribution in [2.24, 2.45) is 4.99 Å². The number of rotatable bonds is 0. The Morgan fingerprint density at radius 1 is 1.33 bits per heavy atom. The van der Waals surface area contributed by atoms with Crippen LogP contribution in [0.25, 0.3) is 0 Å². The Morgan fingerprint density at radius 2 is 2.07 bits per heavy atom. The summed E-state index contributed by atoms with van der Waals surface area (Å²) in [7, 11) is 0. The van der Waals surface area contributed by atoms with Crippen LogP contribution in [0.1, 0.15) is 19.3 Å². The molecule has 3 nitrogen and oxygen atoms in total. The van der Waals surface area contributed by atoms with E-state index in [1.165, 1.54) is 6.42 Å². The molecular formula is C9H14F2IN3. The van der Waals surface area contributed by atoms with Gasteiger partial charge in [-0.15, -0.1) is 24.0 Å². The number of fused-ring (bicyclic) bond motifs is 1. The third-order valence-electron chi connectivity index (χ3n) is 3.23. The quantitative estimate of drug-likeness (QED) is 0.681. The van der Waals surface area contributed by atoms with Gasteiger partial charge in [0.05, 0.1) is 25.2 Å². The average molecular weight is 329 g/mol. The van der Waals surface area contributed by atoms with Gasteiger partial charge in [-0.1, -0.05) is 0 Å². The second-order valence-electron chi connectivity index (χ2n) is 4.41. The first-order chi connectivity index (χ1) is 6.64. The normalized spacial score (nSPS) is 36.1. The van der Waals surface area contributed by atoms with Crippen LogP contribution in [0.15, 0.2) is 4.99 Å². The smallest absolute Gasteiger partial charge is 0.282 e. The highest BCUT2D eigenvalue weighted by atomic mass is 127. The number of guanidine groups is 1. The van der Waals surface area contributed by atoms with Crippen molar-refractivity contribution in [2.45, 2.75) is 37.3 Å². The zero-order valence-corrected chi connectivity index (χ0v) is 10.6. The number of hydrogen-bond acceptors (Lipinski definition) is 3. The van der Waals surface area contributed by atoms with E-state index in [4.69, 9.17) is 0 Å². The maximum atomic E-state index is 12.6. The van der Waals surface area contributed by atoms with Gasteiger partial charge >= 0.3 is 0 Å². The fraction of sp³-hybridized carbons (Fsp3) is 0.889. The summed E-state index contributed by atoms with van der Waals surface area (Å²) in [5.74, 6) is -1.80. The zero-order chi connectivity index (χ0) is 9.76. The highest BCUT2D eigenvalue weighted by Crippen LogP contribution is 2.31. The molecule has 3 aliphatic rings. The molecule has 0 radical (unpaired) electrons. The van der Waals surface area contributed by atoms with E-state index in [9.17, 15) is 8.78 Å². The molecule has 0 aromatic carbocycles. The van der Waals surface area contributed by atoms with Gasteiger partial charge in [0, 0.05) is 0 Å². The van der Waals surface area contributed by atoms with Gasteiger partial charge in [-0.25, -0.2) is 13.8 Å². The highest BCUT2D eigenvalue weighted by Gasteiger charge is 2.47. The molecule has 15 heavy (non-hydrogen) atoms. The van der Waals surface area contributed by atoms with Crippen LogP contribution in [0.4, 0.5) is 8.78 Å². The molecule has 2 aliphatic heterocycles. The minimum absolute atomic E-state index is 0. The Morgan fingerprint density at radius 3 is 2.67 bits per heavy atom. The number of aliphatic imine (C=N–C) groups is 1. The van der Waals surface area contributed by atoms with Crippen LogP contribution in [0.3, 0.4) is 0 Å². The molecule has 2 atom stereocenters. The van der Waals surface area contributed by atoms with Crippen LogP contribution < -0.4 is 5.32 Å². The zero-order valence-electron chi connectivity index (χ0n) is 8.25. The van der Waals surface area contributed by atoms with E-state index in [-0.39, 0.29) is 37.1 Å². The van der Waals surface area contributed by atoms with Gasteiger partial charge in [0.2, 0.25) is 0 Å². The lowest BCUT2D eigenvalue weighted by molar-refractivity contribution is -0.102. The van der Waals surface area contributed by atoms with Crippen molar-refractivity contribution in [3.8, 4) is 0 Å². The number of nitrogens with one attached hydrogen (secondary N) is 1. The molecule has 6 heteroatoms. The molecule has 0 amide bonds.